The highest BCUT2D eigenvalue weighted by molar-refractivity contribution is 6.33. The Morgan fingerprint density at radius 2 is 2.00 bits per heavy atom. The summed E-state index contributed by atoms with van der Waals surface area (Å²) in [5, 5.41) is 8.61. The molecule has 1 aromatic heterocycles. The zero-order chi connectivity index (χ0) is 11.9. The number of nitrogens with two attached hydrogens (primary N) is 1. The average molecular weight is 247 g/mol. The minimum atomic E-state index is -0.371. The van der Waals surface area contributed by atoms with Gasteiger partial charge in [0.05, 0.1) is 22.5 Å². The lowest BCUT2D eigenvalue weighted by atomic mass is 10.1. The second-order valence-corrected chi connectivity index (χ2v) is 4.71. The Morgan fingerprint density at radius 1 is 1.24 bits per heavy atom. The molecule has 1 heterocycles. The van der Waals surface area contributed by atoms with E-state index < -0.39 is 0 Å². The molecule has 0 unspecified atom stereocenters. The first kappa shape index (κ1) is 10.6. The Balaban J connectivity index is 2.07. The molecular weight excluding hydrogens is 236 g/mol. The van der Waals surface area contributed by atoms with Crippen molar-refractivity contribution in [3.63, 3.8) is 0 Å². The lowest BCUT2D eigenvalue weighted by Crippen LogP contribution is -2.22. The lowest BCUT2D eigenvalue weighted by Gasteiger charge is -2.08. The third-order valence-electron chi connectivity index (χ3n) is 2.94. The summed E-state index contributed by atoms with van der Waals surface area (Å²) in [5.74, 6) is 0.606. The van der Waals surface area contributed by atoms with E-state index in [1.165, 1.54) is 0 Å². The molecule has 0 bridgehead atoms. The van der Waals surface area contributed by atoms with E-state index in [1.54, 1.807) is 6.20 Å². The molecule has 0 atom stereocenters. The Hall–Kier alpha value is -1.52. The fraction of sp³-hybridized carbons (Fsp3) is 0.250. The summed E-state index contributed by atoms with van der Waals surface area (Å²) < 4.78 is 0. The molecule has 1 saturated carbocycles. The van der Waals surface area contributed by atoms with Gasteiger partial charge in [-0.15, -0.1) is 5.10 Å². The quantitative estimate of drug-likeness (QED) is 0.882. The summed E-state index contributed by atoms with van der Waals surface area (Å²) in [7, 11) is 0. The fourth-order valence-corrected chi connectivity index (χ4v) is 1.90. The van der Waals surface area contributed by atoms with Crippen LogP contribution in [0.25, 0.3) is 11.3 Å². The van der Waals surface area contributed by atoms with Crippen LogP contribution in [0, 0.1) is 0 Å². The first-order valence-corrected chi connectivity index (χ1v) is 5.81. The summed E-state index contributed by atoms with van der Waals surface area (Å²) >= 11 is 6.12. The molecule has 2 aromatic rings. The summed E-state index contributed by atoms with van der Waals surface area (Å²) in [4.78, 5) is 4.45. The number of aromatic nitrogens is 3. The molecule has 3 rings (SSSR count). The molecule has 86 valence electrons. The van der Waals surface area contributed by atoms with E-state index in [2.05, 4.69) is 15.2 Å². The van der Waals surface area contributed by atoms with Gasteiger partial charge in [0.1, 0.15) is 0 Å². The van der Waals surface area contributed by atoms with E-state index in [0.29, 0.717) is 10.8 Å². The standard InChI is InChI=1S/C12H11ClN4/c13-9-4-2-1-3-8(9)10-7-15-17-11(16-10)12(14)5-6-12/h1-4,7H,5-6,14H2. The number of rotatable bonds is 2. The second-order valence-electron chi connectivity index (χ2n) is 4.30. The first-order valence-electron chi connectivity index (χ1n) is 5.43. The summed E-state index contributed by atoms with van der Waals surface area (Å²) in [6.45, 7) is 0. The van der Waals surface area contributed by atoms with Crippen molar-refractivity contribution in [1.29, 1.82) is 0 Å². The van der Waals surface area contributed by atoms with Gasteiger partial charge in [0.2, 0.25) is 0 Å². The Labute approximate surface area is 104 Å². The lowest BCUT2D eigenvalue weighted by molar-refractivity contribution is 0.650. The highest BCUT2D eigenvalue weighted by Crippen LogP contribution is 2.41. The fourth-order valence-electron chi connectivity index (χ4n) is 1.67. The van der Waals surface area contributed by atoms with E-state index in [0.717, 1.165) is 24.1 Å². The zero-order valence-electron chi connectivity index (χ0n) is 9.10. The third-order valence-corrected chi connectivity index (χ3v) is 3.27. The maximum atomic E-state index is 6.12. The van der Waals surface area contributed by atoms with Gasteiger partial charge in [0.15, 0.2) is 5.82 Å². The largest absolute Gasteiger partial charge is 0.319 e. The Morgan fingerprint density at radius 3 is 2.71 bits per heavy atom. The van der Waals surface area contributed by atoms with Gasteiger partial charge >= 0.3 is 0 Å². The van der Waals surface area contributed by atoms with Gasteiger partial charge < -0.3 is 5.73 Å². The van der Waals surface area contributed by atoms with Crippen molar-refractivity contribution in [3.05, 3.63) is 41.3 Å². The number of hydrogen-bond acceptors (Lipinski definition) is 4. The number of halogens is 1. The van der Waals surface area contributed by atoms with Crippen LogP contribution in [-0.2, 0) is 5.54 Å². The van der Waals surface area contributed by atoms with Crippen LogP contribution in [-0.4, -0.2) is 15.2 Å². The molecule has 17 heavy (non-hydrogen) atoms. The second kappa shape index (κ2) is 3.75. The van der Waals surface area contributed by atoms with Gasteiger partial charge in [0, 0.05) is 5.56 Å². The van der Waals surface area contributed by atoms with Crippen molar-refractivity contribution in [3.8, 4) is 11.3 Å². The summed E-state index contributed by atoms with van der Waals surface area (Å²) in [5.41, 5.74) is 7.26. The molecule has 2 N–H and O–H groups in total. The Kier molecular flexibility index (Phi) is 2.34. The number of hydrogen-bond donors (Lipinski definition) is 1. The molecule has 0 aliphatic heterocycles. The Bertz CT molecular complexity index is 566. The molecule has 1 aliphatic carbocycles. The van der Waals surface area contributed by atoms with Crippen molar-refractivity contribution < 1.29 is 0 Å². The first-order chi connectivity index (χ1) is 8.19. The highest BCUT2D eigenvalue weighted by atomic mass is 35.5. The predicted octanol–water partition coefficient (Wildman–Crippen LogP) is 2.14. The van der Waals surface area contributed by atoms with Crippen molar-refractivity contribution in [2.24, 2.45) is 5.73 Å². The minimum Gasteiger partial charge on any atom is -0.319 e. The van der Waals surface area contributed by atoms with E-state index in [4.69, 9.17) is 17.3 Å². The molecule has 1 aliphatic rings. The van der Waals surface area contributed by atoms with E-state index >= 15 is 0 Å². The van der Waals surface area contributed by atoms with Gasteiger partial charge in [-0.3, -0.25) is 0 Å². The van der Waals surface area contributed by atoms with Gasteiger partial charge in [0.25, 0.3) is 0 Å². The van der Waals surface area contributed by atoms with Crippen molar-refractivity contribution in [2.75, 3.05) is 0 Å². The van der Waals surface area contributed by atoms with E-state index in [-0.39, 0.29) is 5.54 Å². The van der Waals surface area contributed by atoms with Gasteiger partial charge in [-0.1, -0.05) is 29.8 Å². The SMILES string of the molecule is NC1(c2nncc(-c3ccccc3Cl)n2)CC1. The van der Waals surface area contributed by atoms with Crippen LogP contribution in [0.5, 0.6) is 0 Å². The molecule has 0 spiro atoms. The van der Waals surface area contributed by atoms with Crippen molar-refractivity contribution in [1.82, 2.24) is 15.2 Å². The molecule has 0 amide bonds. The normalized spacial score (nSPS) is 16.8. The van der Waals surface area contributed by atoms with Crippen LogP contribution in [0.4, 0.5) is 0 Å². The van der Waals surface area contributed by atoms with E-state index in [1.807, 2.05) is 24.3 Å². The molecule has 1 aromatic carbocycles. The van der Waals surface area contributed by atoms with E-state index in [9.17, 15) is 0 Å². The average Bonchev–Trinajstić information content (AvgIpc) is 3.10. The summed E-state index contributed by atoms with van der Waals surface area (Å²) in [6, 6.07) is 7.53. The van der Waals surface area contributed by atoms with Gasteiger partial charge in [-0.2, -0.15) is 5.10 Å². The van der Waals surface area contributed by atoms with Crippen LogP contribution in [0.15, 0.2) is 30.5 Å². The topological polar surface area (TPSA) is 64.7 Å². The third kappa shape index (κ3) is 1.90. The van der Waals surface area contributed by atoms with Gasteiger partial charge in [-0.05, 0) is 18.9 Å². The van der Waals surface area contributed by atoms with Gasteiger partial charge in [-0.25, -0.2) is 4.98 Å². The molecule has 1 fully saturated rings. The highest BCUT2D eigenvalue weighted by Gasteiger charge is 2.43. The zero-order valence-corrected chi connectivity index (χ0v) is 9.85. The molecule has 0 radical (unpaired) electrons. The monoisotopic (exact) mass is 246 g/mol. The van der Waals surface area contributed by atoms with Crippen LogP contribution in [0.2, 0.25) is 5.02 Å². The van der Waals surface area contributed by atoms with Crippen LogP contribution < -0.4 is 5.73 Å². The van der Waals surface area contributed by atoms with Crippen molar-refractivity contribution >= 4 is 11.6 Å². The van der Waals surface area contributed by atoms with Crippen molar-refractivity contribution in [2.45, 2.75) is 18.4 Å². The maximum Gasteiger partial charge on any atom is 0.171 e. The molecule has 4 nitrogen and oxygen atoms in total. The smallest absolute Gasteiger partial charge is 0.171 e. The van der Waals surface area contributed by atoms with Crippen LogP contribution in [0.3, 0.4) is 0 Å². The minimum absolute atomic E-state index is 0.371. The number of nitrogens with zero attached hydrogens (tertiary/aromatic N) is 3. The van der Waals surface area contributed by atoms with Crippen LogP contribution in [0.1, 0.15) is 18.7 Å². The predicted molar refractivity (Wildman–Crippen MR) is 65.4 cm³/mol. The molecular formula is C12H11ClN4. The maximum absolute atomic E-state index is 6.12. The van der Waals surface area contributed by atoms with Crippen LogP contribution >= 0.6 is 11.6 Å². The molecule has 5 heteroatoms. The summed E-state index contributed by atoms with van der Waals surface area (Å²) in [6.07, 6.45) is 3.44. The number of benzene rings is 1. The molecule has 0 saturated heterocycles.